The molecule has 164 valence electrons. The predicted molar refractivity (Wildman–Crippen MR) is 114 cm³/mol. The Kier molecular flexibility index (Phi) is 10.2. The Hall–Kier alpha value is -1.56. The van der Waals surface area contributed by atoms with Crippen molar-refractivity contribution in [3.05, 3.63) is 35.4 Å². The maximum atomic E-state index is 13.0. The van der Waals surface area contributed by atoms with Crippen molar-refractivity contribution in [3.63, 3.8) is 0 Å². The minimum absolute atomic E-state index is 0. The van der Waals surface area contributed by atoms with Crippen LogP contribution in [0.2, 0.25) is 0 Å². The number of nitrogens with one attached hydrogen (secondary N) is 1. The number of aliphatic imine (C=N–C) groups is 1. The Bertz CT molecular complexity index is 699. The number of halogens is 4. The summed E-state index contributed by atoms with van der Waals surface area (Å²) in [5, 5.41) is 3.09. The summed E-state index contributed by atoms with van der Waals surface area (Å²) in [4.78, 5) is 17.7. The second-order valence-electron chi connectivity index (χ2n) is 6.69. The summed E-state index contributed by atoms with van der Waals surface area (Å²) in [6, 6.07) is 5.17. The fourth-order valence-corrected chi connectivity index (χ4v) is 2.89. The van der Waals surface area contributed by atoms with E-state index in [1.807, 2.05) is 4.90 Å². The number of benzene rings is 1. The number of ether oxygens (including phenoxy) is 2. The standard InChI is InChI=1S/C19H26F3N3O3.HI/c1-13(2)28-17(26)7-8-24-18(23-3)25-9-10-27-16(12-25)14-5-4-6-15(11-14)19(20,21)22;/h4-6,11,13,16H,7-10,12H2,1-3H3,(H,23,24);1H. The number of alkyl halides is 3. The molecule has 0 spiro atoms. The van der Waals surface area contributed by atoms with Crippen LogP contribution >= 0.6 is 24.0 Å². The number of nitrogens with zero attached hydrogens (tertiary/aromatic N) is 2. The number of hydrogen-bond acceptors (Lipinski definition) is 4. The summed E-state index contributed by atoms with van der Waals surface area (Å²) in [5.74, 6) is 0.263. The topological polar surface area (TPSA) is 63.2 Å². The highest BCUT2D eigenvalue weighted by Crippen LogP contribution is 2.32. The molecule has 1 atom stereocenters. The zero-order valence-corrected chi connectivity index (χ0v) is 19.0. The van der Waals surface area contributed by atoms with Crippen LogP contribution in [0.15, 0.2) is 29.3 Å². The Labute approximate surface area is 185 Å². The molecule has 1 aromatic rings. The van der Waals surface area contributed by atoms with Crippen molar-refractivity contribution >= 4 is 35.9 Å². The number of esters is 1. The van der Waals surface area contributed by atoms with Crippen molar-refractivity contribution in [2.24, 2.45) is 4.99 Å². The van der Waals surface area contributed by atoms with E-state index in [0.29, 0.717) is 37.8 Å². The van der Waals surface area contributed by atoms with Gasteiger partial charge in [0.1, 0.15) is 6.10 Å². The Morgan fingerprint density at radius 3 is 2.76 bits per heavy atom. The molecule has 1 aliphatic heterocycles. The van der Waals surface area contributed by atoms with Gasteiger partial charge in [-0.3, -0.25) is 9.79 Å². The van der Waals surface area contributed by atoms with Gasteiger partial charge in [0.05, 0.1) is 31.2 Å². The summed E-state index contributed by atoms with van der Waals surface area (Å²) in [6.07, 6.45) is -4.87. The van der Waals surface area contributed by atoms with Crippen molar-refractivity contribution in [1.82, 2.24) is 10.2 Å². The zero-order chi connectivity index (χ0) is 20.7. The lowest BCUT2D eigenvalue weighted by atomic mass is 10.0. The Balaban J connectivity index is 0.00000420. The van der Waals surface area contributed by atoms with E-state index in [0.717, 1.165) is 12.1 Å². The molecule has 29 heavy (non-hydrogen) atoms. The minimum Gasteiger partial charge on any atom is -0.463 e. The summed E-state index contributed by atoms with van der Waals surface area (Å²) < 4.78 is 49.6. The monoisotopic (exact) mass is 529 g/mol. The maximum Gasteiger partial charge on any atom is 0.416 e. The number of carbonyl (C=O) groups excluding carboxylic acids is 1. The molecule has 0 aromatic heterocycles. The highest BCUT2D eigenvalue weighted by atomic mass is 127. The highest BCUT2D eigenvalue weighted by molar-refractivity contribution is 14.0. The summed E-state index contributed by atoms with van der Waals surface area (Å²) in [5.41, 5.74) is -0.229. The number of carbonyl (C=O) groups is 1. The maximum absolute atomic E-state index is 13.0. The van der Waals surface area contributed by atoms with Crippen LogP contribution in [0, 0.1) is 0 Å². The van der Waals surface area contributed by atoms with Crippen molar-refractivity contribution in [1.29, 1.82) is 0 Å². The lowest BCUT2D eigenvalue weighted by Gasteiger charge is -2.35. The number of rotatable bonds is 5. The third-order valence-electron chi connectivity index (χ3n) is 4.14. The van der Waals surface area contributed by atoms with Gasteiger partial charge in [0.25, 0.3) is 0 Å². The van der Waals surface area contributed by atoms with Crippen molar-refractivity contribution in [2.75, 3.05) is 33.3 Å². The smallest absolute Gasteiger partial charge is 0.416 e. The van der Waals surface area contributed by atoms with Crippen LogP contribution in [0.4, 0.5) is 13.2 Å². The van der Waals surface area contributed by atoms with Crippen LogP contribution in [0.1, 0.15) is 37.5 Å². The molecule has 0 aliphatic carbocycles. The average molecular weight is 529 g/mol. The molecule has 1 N–H and O–H groups in total. The van der Waals surface area contributed by atoms with Gasteiger partial charge in [-0.25, -0.2) is 0 Å². The second kappa shape index (κ2) is 11.6. The number of guanidine groups is 1. The first-order valence-corrected chi connectivity index (χ1v) is 9.14. The molecule has 1 aliphatic rings. The lowest BCUT2D eigenvalue weighted by Crippen LogP contribution is -2.48. The quantitative estimate of drug-likeness (QED) is 0.274. The van der Waals surface area contributed by atoms with Gasteiger partial charge >= 0.3 is 12.1 Å². The van der Waals surface area contributed by atoms with Crippen LogP contribution in [0.5, 0.6) is 0 Å². The van der Waals surface area contributed by atoms with E-state index in [2.05, 4.69) is 10.3 Å². The SMILES string of the molecule is CN=C(NCCC(=O)OC(C)C)N1CCOC(c2cccc(C(F)(F)F)c2)C1.I. The molecule has 0 radical (unpaired) electrons. The Morgan fingerprint density at radius 2 is 2.14 bits per heavy atom. The molecule has 1 fully saturated rings. The first-order chi connectivity index (χ1) is 13.2. The van der Waals surface area contributed by atoms with Crippen LogP contribution in [0.3, 0.4) is 0 Å². The fourth-order valence-electron chi connectivity index (χ4n) is 2.89. The molecular formula is C19H27F3IN3O3. The van der Waals surface area contributed by atoms with Gasteiger partial charge in [0.15, 0.2) is 5.96 Å². The first kappa shape index (κ1) is 25.5. The summed E-state index contributed by atoms with van der Waals surface area (Å²) in [7, 11) is 1.61. The third kappa shape index (κ3) is 8.00. The van der Waals surface area contributed by atoms with Crippen molar-refractivity contribution < 1.29 is 27.4 Å². The van der Waals surface area contributed by atoms with Gasteiger partial charge in [-0.15, -0.1) is 24.0 Å². The molecule has 2 rings (SSSR count). The lowest BCUT2D eigenvalue weighted by molar-refractivity contribution is -0.147. The zero-order valence-electron chi connectivity index (χ0n) is 16.7. The van der Waals surface area contributed by atoms with Crippen LogP contribution in [-0.2, 0) is 20.4 Å². The molecule has 1 aromatic carbocycles. The van der Waals surface area contributed by atoms with Gasteiger partial charge < -0.3 is 19.7 Å². The number of morpholine rings is 1. The van der Waals surface area contributed by atoms with E-state index >= 15 is 0 Å². The van der Waals surface area contributed by atoms with Crippen molar-refractivity contribution in [2.45, 2.75) is 38.7 Å². The molecule has 0 amide bonds. The normalized spacial score (nSPS) is 17.7. The van der Waals surface area contributed by atoms with Crippen LogP contribution < -0.4 is 5.32 Å². The van der Waals surface area contributed by atoms with E-state index in [1.54, 1.807) is 27.0 Å². The largest absolute Gasteiger partial charge is 0.463 e. The molecule has 10 heteroatoms. The molecular weight excluding hydrogens is 502 g/mol. The summed E-state index contributed by atoms with van der Waals surface area (Å²) >= 11 is 0. The molecule has 1 saturated heterocycles. The third-order valence-corrected chi connectivity index (χ3v) is 4.14. The van der Waals surface area contributed by atoms with Gasteiger partial charge in [-0.05, 0) is 31.5 Å². The van der Waals surface area contributed by atoms with Gasteiger partial charge in [0, 0.05) is 20.1 Å². The van der Waals surface area contributed by atoms with Gasteiger partial charge in [0.2, 0.25) is 0 Å². The fraction of sp³-hybridized carbons (Fsp3) is 0.579. The average Bonchev–Trinajstić information content (AvgIpc) is 2.64. The van der Waals surface area contributed by atoms with E-state index in [4.69, 9.17) is 9.47 Å². The number of hydrogen-bond donors (Lipinski definition) is 1. The van der Waals surface area contributed by atoms with Crippen LogP contribution in [0.25, 0.3) is 0 Å². The molecule has 0 saturated carbocycles. The van der Waals surface area contributed by atoms with Gasteiger partial charge in [-0.1, -0.05) is 12.1 Å². The molecule has 6 nitrogen and oxygen atoms in total. The van der Waals surface area contributed by atoms with E-state index in [1.165, 1.54) is 6.07 Å². The van der Waals surface area contributed by atoms with E-state index in [9.17, 15) is 18.0 Å². The van der Waals surface area contributed by atoms with Crippen molar-refractivity contribution in [3.8, 4) is 0 Å². The Morgan fingerprint density at radius 1 is 1.41 bits per heavy atom. The summed E-state index contributed by atoms with van der Waals surface area (Å²) in [6.45, 7) is 5.18. The minimum atomic E-state index is -4.40. The molecule has 1 heterocycles. The van der Waals surface area contributed by atoms with Crippen LogP contribution in [-0.4, -0.2) is 56.2 Å². The second-order valence-corrected chi connectivity index (χ2v) is 6.69. The van der Waals surface area contributed by atoms with E-state index in [-0.39, 0.29) is 42.5 Å². The molecule has 1 unspecified atom stereocenters. The molecule has 0 bridgehead atoms. The first-order valence-electron chi connectivity index (χ1n) is 9.14. The van der Waals surface area contributed by atoms with Gasteiger partial charge in [-0.2, -0.15) is 13.2 Å². The van der Waals surface area contributed by atoms with E-state index < -0.39 is 17.8 Å². The highest BCUT2D eigenvalue weighted by Gasteiger charge is 2.32. The predicted octanol–water partition coefficient (Wildman–Crippen LogP) is 3.61.